The van der Waals surface area contributed by atoms with Gasteiger partial charge in [-0.25, -0.2) is 0 Å². The second kappa shape index (κ2) is 5.95. The Kier molecular flexibility index (Phi) is 4.13. The Labute approximate surface area is 136 Å². The van der Waals surface area contributed by atoms with Gasteiger partial charge in [0.05, 0.1) is 19.8 Å². The van der Waals surface area contributed by atoms with Gasteiger partial charge >= 0.3 is 0 Å². The Morgan fingerprint density at radius 3 is 2.57 bits per heavy atom. The highest BCUT2D eigenvalue weighted by Crippen LogP contribution is 2.46. The van der Waals surface area contributed by atoms with Crippen LogP contribution in [0.4, 0.5) is 0 Å². The highest BCUT2D eigenvalue weighted by atomic mass is 16.7. The largest absolute Gasteiger partial charge is 0.392 e. The third-order valence-corrected chi connectivity index (χ3v) is 4.22. The zero-order valence-corrected chi connectivity index (χ0v) is 13.3. The van der Waals surface area contributed by atoms with Crippen molar-refractivity contribution >= 4 is 0 Å². The molecule has 1 aliphatic carbocycles. The van der Waals surface area contributed by atoms with Crippen LogP contribution in [0.25, 0.3) is 0 Å². The van der Waals surface area contributed by atoms with Gasteiger partial charge in [-0.15, -0.1) is 0 Å². The van der Waals surface area contributed by atoms with Crippen LogP contribution in [0.1, 0.15) is 25.0 Å². The number of fused-ring (bicyclic) bond motifs is 2. The van der Waals surface area contributed by atoms with Crippen LogP contribution >= 0.6 is 0 Å². The molecular weight excluding hydrogens is 292 g/mol. The summed E-state index contributed by atoms with van der Waals surface area (Å²) in [5.74, 6) is 4.94. The molecule has 2 aliphatic rings. The molecule has 1 fully saturated rings. The summed E-state index contributed by atoms with van der Waals surface area (Å²) < 4.78 is 11.7. The number of benzene rings is 1. The van der Waals surface area contributed by atoms with Gasteiger partial charge in [-0.05, 0) is 37.1 Å². The minimum atomic E-state index is -1.40. The maximum absolute atomic E-state index is 11.2. The first-order valence-electron chi connectivity index (χ1n) is 7.63. The Balaban J connectivity index is 2.14. The Morgan fingerprint density at radius 2 is 1.91 bits per heavy atom. The summed E-state index contributed by atoms with van der Waals surface area (Å²) in [5.41, 5.74) is 1.43. The Bertz CT molecular complexity index is 729. The van der Waals surface area contributed by atoms with Crippen molar-refractivity contribution in [2.75, 3.05) is 19.8 Å². The van der Waals surface area contributed by atoms with E-state index in [0.717, 1.165) is 5.56 Å². The summed E-state index contributed by atoms with van der Waals surface area (Å²) in [5, 5.41) is 20.1. The monoisotopic (exact) mass is 312 g/mol. The molecule has 1 saturated heterocycles. The number of aliphatic hydroxyl groups is 2. The topological polar surface area (TPSA) is 58.9 Å². The number of ether oxygens (including phenoxy) is 2. The fraction of sp³-hybridized carbons (Fsp3) is 0.368. The highest BCUT2D eigenvalue weighted by molar-refractivity contribution is 5.54. The molecule has 0 bridgehead atoms. The molecule has 1 atom stereocenters. The van der Waals surface area contributed by atoms with E-state index in [0.29, 0.717) is 29.9 Å². The summed E-state index contributed by atoms with van der Waals surface area (Å²) in [6, 6.07) is 7.50. The molecule has 4 nitrogen and oxygen atoms in total. The van der Waals surface area contributed by atoms with Crippen LogP contribution in [0.5, 0.6) is 0 Å². The predicted octanol–water partition coefficient (Wildman–Crippen LogP) is 1.98. The van der Waals surface area contributed by atoms with Gasteiger partial charge in [0.2, 0.25) is 5.79 Å². The predicted molar refractivity (Wildman–Crippen MR) is 86.3 cm³/mol. The lowest BCUT2D eigenvalue weighted by Crippen LogP contribution is -2.39. The van der Waals surface area contributed by atoms with Crippen molar-refractivity contribution in [2.24, 2.45) is 0 Å². The summed E-state index contributed by atoms with van der Waals surface area (Å²) in [4.78, 5) is 0. The maximum atomic E-state index is 11.2. The first kappa shape index (κ1) is 16.0. The normalized spacial score (nSPS) is 25.6. The van der Waals surface area contributed by atoms with Gasteiger partial charge in [-0.2, -0.15) is 0 Å². The van der Waals surface area contributed by atoms with Crippen LogP contribution in [0.2, 0.25) is 0 Å². The van der Waals surface area contributed by atoms with E-state index in [1.165, 1.54) is 0 Å². The van der Waals surface area contributed by atoms with E-state index >= 15 is 0 Å². The van der Waals surface area contributed by atoms with Crippen molar-refractivity contribution in [3.8, 4) is 11.8 Å². The van der Waals surface area contributed by atoms with Gasteiger partial charge in [-0.3, -0.25) is 0 Å². The van der Waals surface area contributed by atoms with Crippen molar-refractivity contribution in [3.05, 3.63) is 58.7 Å². The summed E-state index contributed by atoms with van der Waals surface area (Å²) in [6.45, 7) is 4.57. The van der Waals surface area contributed by atoms with E-state index < -0.39 is 11.4 Å². The molecule has 1 aromatic rings. The number of allylic oxidation sites excluding steroid dienone is 1. The summed E-state index contributed by atoms with van der Waals surface area (Å²) in [6.07, 6.45) is 3.41. The zero-order chi connectivity index (χ0) is 16.5. The van der Waals surface area contributed by atoms with E-state index in [9.17, 15) is 5.11 Å². The number of hydrogen-bond acceptors (Lipinski definition) is 4. The lowest BCUT2D eigenvalue weighted by Gasteiger charge is -2.38. The standard InChI is InChI=1S/C19H20O4/c1-14(8-10-20)7-9-18(21)15(2)13-19(22-11-12-23-19)17-6-4-3-5-16(17)18/h3-6,8,13,20-21H,10-12H2,1-2H3/b14-8-. The van der Waals surface area contributed by atoms with Crippen molar-refractivity contribution in [1.29, 1.82) is 0 Å². The first-order valence-corrected chi connectivity index (χ1v) is 7.63. The molecule has 120 valence electrons. The Hall–Kier alpha value is -1.90. The number of hydrogen-bond donors (Lipinski definition) is 2. The molecule has 23 heavy (non-hydrogen) atoms. The second-order valence-electron chi connectivity index (χ2n) is 5.77. The van der Waals surface area contributed by atoms with Crippen LogP contribution in [0.3, 0.4) is 0 Å². The van der Waals surface area contributed by atoms with Crippen molar-refractivity contribution in [3.63, 3.8) is 0 Å². The molecular formula is C19H20O4. The molecule has 1 unspecified atom stereocenters. The molecule has 0 radical (unpaired) electrons. The number of aliphatic hydroxyl groups excluding tert-OH is 1. The molecule has 0 aromatic heterocycles. The van der Waals surface area contributed by atoms with Crippen LogP contribution in [-0.2, 0) is 20.9 Å². The van der Waals surface area contributed by atoms with Gasteiger partial charge < -0.3 is 19.7 Å². The van der Waals surface area contributed by atoms with Crippen LogP contribution in [0, 0.1) is 11.8 Å². The average Bonchev–Trinajstić information content (AvgIpc) is 3.01. The van der Waals surface area contributed by atoms with Crippen LogP contribution in [-0.4, -0.2) is 30.0 Å². The Morgan fingerprint density at radius 1 is 1.26 bits per heavy atom. The fourth-order valence-electron chi connectivity index (χ4n) is 2.99. The molecule has 0 amide bonds. The molecule has 1 aromatic carbocycles. The number of rotatable bonds is 1. The quantitative estimate of drug-likeness (QED) is 0.615. The molecule has 4 heteroatoms. The average molecular weight is 312 g/mol. The molecule has 2 N–H and O–H groups in total. The molecule has 0 saturated carbocycles. The van der Waals surface area contributed by atoms with Crippen molar-refractivity contribution in [1.82, 2.24) is 0 Å². The van der Waals surface area contributed by atoms with Crippen LogP contribution < -0.4 is 0 Å². The minimum Gasteiger partial charge on any atom is -0.392 e. The molecule has 1 aliphatic heterocycles. The van der Waals surface area contributed by atoms with E-state index in [1.807, 2.05) is 37.3 Å². The third kappa shape index (κ3) is 2.62. The van der Waals surface area contributed by atoms with Crippen molar-refractivity contribution in [2.45, 2.75) is 25.2 Å². The van der Waals surface area contributed by atoms with Gasteiger partial charge in [0, 0.05) is 11.1 Å². The van der Waals surface area contributed by atoms with E-state index in [-0.39, 0.29) is 6.61 Å². The molecule has 1 heterocycles. The van der Waals surface area contributed by atoms with E-state index in [4.69, 9.17) is 14.6 Å². The van der Waals surface area contributed by atoms with Gasteiger partial charge in [0.25, 0.3) is 0 Å². The fourth-order valence-corrected chi connectivity index (χ4v) is 2.99. The summed E-state index contributed by atoms with van der Waals surface area (Å²) >= 11 is 0. The van der Waals surface area contributed by atoms with Gasteiger partial charge in [-0.1, -0.05) is 36.1 Å². The lowest BCUT2D eigenvalue weighted by molar-refractivity contribution is -0.129. The van der Waals surface area contributed by atoms with Gasteiger partial charge in [0.1, 0.15) is 0 Å². The second-order valence-corrected chi connectivity index (χ2v) is 5.77. The summed E-state index contributed by atoms with van der Waals surface area (Å²) in [7, 11) is 0. The molecule has 1 spiro atoms. The first-order chi connectivity index (χ1) is 11.0. The van der Waals surface area contributed by atoms with Crippen LogP contribution in [0.15, 0.2) is 47.6 Å². The van der Waals surface area contributed by atoms with Gasteiger partial charge in [0.15, 0.2) is 5.60 Å². The smallest absolute Gasteiger partial charge is 0.216 e. The maximum Gasteiger partial charge on any atom is 0.216 e. The third-order valence-electron chi connectivity index (χ3n) is 4.22. The van der Waals surface area contributed by atoms with Crippen molar-refractivity contribution < 1.29 is 19.7 Å². The zero-order valence-electron chi connectivity index (χ0n) is 13.3. The lowest BCUT2D eigenvalue weighted by atomic mass is 9.76. The minimum absolute atomic E-state index is 0.0743. The van der Waals surface area contributed by atoms with E-state index in [2.05, 4.69) is 11.8 Å². The SMILES string of the molecule is CC1=CC2(OCCO2)c2ccccc2C1(O)C#C/C(C)=C\CO. The molecule has 3 rings (SSSR count). The highest BCUT2D eigenvalue weighted by Gasteiger charge is 2.48. The van der Waals surface area contributed by atoms with E-state index in [1.54, 1.807) is 13.0 Å².